The number of hydrogen-bond donors (Lipinski definition) is 0. The number of anilines is 2. The zero-order chi connectivity index (χ0) is 8.72. The van der Waals surface area contributed by atoms with Gasteiger partial charge >= 0.3 is 0 Å². The number of hydrogen-bond acceptors (Lipinski definition) is 3. The first-order valence-electron chi connectivity index (χ1n) is 3.49. The molecule has 0 bridgehead atoms. The molecule has 1 atom stereocenters. The third-order valence-electron chi connectivity index (χ3n) is 1.86. The van der Waals surface area contributed by atoms with E-state index in [0.717, 1.165) is 5.82 Å². The molecule has 64 valence electrons. The number of halogens is 2. The topological polar surface area (TPSA) is 19.4 Å². The molecule has 0 fully saturated rings. The quantitative estimate of drug-likeness (QED) is 0.295. The molecular formula is C7H7I2N3. The van der Waals surface area contributed by atoms with E-state index in [2.05, 4.69) is 71.6 Å². The maximum atomic E-state index is 4.31. The second-order valence-corrected chi connectivity index (χ2v) is 4.73. The van der Waals surface area contributed by atoms with Crippen LogP contribution in [0.1, 0.15) is 0 Å². The first-order valence-corrected chi connectivity index (χ1v) is 5.70. The molecule has 2 rings (SSSR count). The maximum absolute atomic E-state index is 4.31. The summed E-state index contributed by atoms with van der Waals surface area (Å²) in [6, 6.07) is 4.06. The normalized spacial score (nSPS) is 21.4. The van der Waals surface area contributed by atoms with Gasteiger partial charge in [-0.1, -0.05) is 0 Å². The fourth-order valence-corrected chi connectivity index (χ4v) is 2.51. The Morgan fingerprint density at radius 1 is 1.58 bits per heavy atom. The van der Waals surface area contributed by atoms with Crippen LogP contribution in [0.5, 0.6) is 0 Å². The van der Waals surface area contributed by atoms with Crippen molar-refractivity contribution >= 4 is 57.0 Å². The summed E-state index contributed by atoms with van der Waals surface area (Å²) < 4.78 is 2.50. The highest BCUT2D eigenvalue weighted by molar-refractivity contribution is 14.1. The van der Waals surface area contributed by atoms with E-state index in [4.69, 9.17) is 0 Å². The molecule has 1 aromatic rings. The summed E-state index contributed by atoms with van der Waals surface area (Å²) in [5.41, 5.74) is 1.20. The SMILES string of the molecule is CN1c2cccnc2N(I)C1I. The predicted octanol–water partition coefficient (Wildman–Crippen LogP) is 2.41. The molecule has 2 heterocycles. The van der Waals surface area contributed by atoms with Gasteiger partial charge in [-0.2, -0.15) is 0 Å². The van der Waals surface area contributed by atoms with Gasteiger partial charge in [-0.05, 0) is 34.7 Å². The summed E-state index contributed by atoms with van der Waals surface area (Å²) >= 11 is 4.67. The molecule has 1 aromatic heterocycles. The van der Waals surface area contributed by atoms with Gasteiger partial charge in [0.1, 0.15) is 0 Å². The summed E-state index contributed by atoms with van der Waals surface area (Å²) in [7, 11) is 2.08. The smallest absolute Gasteiger partial charge is 0.165 e. The van der Waals surface area contributed by atoms with Crippen molar-refractivity contribution < 1.29 is 0 Å². The molecule has 0 aromatic carbocycles. The van der Waals surface area contributed by atoms with Gasteiger partial charge in [-0.15, -0.1) is 0 Å². The van der Waals surface area contributed by atoms with Crippen LogP contribution in [-0.4, -0.2) is 16.2 Å². The van der Waals surface area contributed by atoms with Crippen LogP contribution < -0.4 is 8.01 Å². The van der Waals surface area contributed by atoms with E-state index in [9.17, 15) is 0 Å². The Balaban J connectivity index is 2.52. The second kappa shape index (κ2) is 3.17. The van der Waals surface area contributed by atoms with Crippen LogP contribution in [0.15, 0.2) is 18.3 Å². The molecule has 1 unspecified atom stereocenters. The number of alkyl halides is 1. The van der Waals surface area contributed by atoms with Crippen LogP contribution in [0.25, 0.3) is 0 Å². The third kappa shape index (κ3) is 1.17. The maximum Gasteiger partial charge on any atom is 0.165 e. The van der Waals surface area contributed by atoms with Crippen molar-refractivity contribution in [2.75, 3.05) is 15.1 Å². The van der Waals surface area contributed by atoms with E-state index < -0.39 is 0 Å². The van der Waals surface area contributed by atoms with E-state index in [1.54, 1.807) is 0 Å². The molecule has 0 aliphatic carbocycles. The molecule has 1 aliphatic heterocycles. The standard InChI is InChI=1S/C7H7I2N3/c1-11-5-3-2-4-10-6(5)12(9)7(11)8/h2-4,7H,1H3. The first kappa shape index (κ1) is 8.79. The van der Waals surface area contributed by atoms with Crippen LogP contribution >= 0.6 is 45.5 Å². The fourth-order valence-electron chi connectivity index (χ4n) is 1.20. The molecule has 3 nitrogen and oxygen atoms in total. The lowest BCUT2D eigenvalue weighted by Crippen LogP contribution is -2.29. The monoisotopic (exact) mass is 387 g/mol. The summed E-state index contributed by atoms with van der Waals surface area (Å²) in [4.78, 5) is 6.52. The lowest BCUT2D eigenvalue weighted by molar-refractivity contribution is 0.972. The third-order valence-corrected chi connectivity index (χ3v) is 5.30. The Morgan fingerprint density at radius 2 is 2.33 bits per heavy atom. The molecule has 0 spiro atoms. The molecule has 0 saturated heterocycles. The summed E-state index contributed by atoms with van der Waals surface area (Å²) in [6.45, 7) is 0. The lowest BCUT2D eigenvalue weighted by atomic mass is 10.4. The Labute approximate surface area is 98.8 Å². The first-order chi connectivity index (χ1) is 5.72. The molecule has 1 aliphatic rings. The van der Waals surface area contributed by atoms with Crippen molar-refractivity contribution in [3.05, 3.63) is 18.3 Å². The van der Waals surface area contributed by atoms with Gasteiger partial charge in [0.05, 0.1) is 28.6 Å². The fraction of sp³-hybridized carbons (Fsp3) is 0.286. The Morgan fingerprint density at radius 3 is 3.00 bits per heavy atom. The van der Waals surface area contributed by atoms with E-state index in [0.29, 0.717) is 4.17 Å². The predicted molar refractivity (Wildman–Crippen MR) is 66.9 cm³/mol. The van der Waals surface area contributed by atoms with Crippen molar-refractivity contribution in [2.45, 2.75) is 4.17 Å². The van der Waals surface area contributed by atoms with E-state index >= 15 is 0 Å². The van der Waals surface area contributed by atoms with E-state index in [1.807, 2.05) is 12.3 Å². The Kier molecular flexibility index (Phi) is 2.32. The number of aromatic nitrogens is 1. The minimum absolute atomic E-state index is 0.369. The average molecular weight is 387 g/mol. The number of nitrogens with zero attached hydrogens (tertiary/aromatic N) is 3. The highest BCUT2D eigenvalue weighted by atomic mass is 127. The zero-order valence-corrected chi connectivity index (χ0v) is 10.7. The van der Waals surface area contributed by atoms with Crippen LogP contribution in [-0.2, 0) is 0 Å². The van der Waals surface area contributed by atoms with Gasteiger partial charge in [0.25, 0.3) is 0 Å². The Bertz CT molecular complexity index is 275. The van der Waals surface area contributed by atoms with Crippen molar-refractivity contribution in [1.29, 1.82) is 0 Å². The van der Waals surface area contributed by atoms with Crippen molar-refractivity contribution in [3.63, 3.8) is 0 Å². The van der Waals surface area contributed by atoms with Crippen molar-refractivity contribution in [3.8, 4) is 0 Å². The minimum Gasteiger partial charge on any atom is -0.342 e. The summed E-state index contributed by atoms with van der Waals surface area (Å²) in [6.07, 6.45) is 1.83. The van der Waals surface area contributed by atoms with Crippen molar-refractivity contribution in [2.24, 2.45) is 0 Å². The van der Waals surface area contributed by atoms with Crippen LogP contribution in [0, 0.1) is 0 Å². The second-order valence-electron chi connectivity index (χ2n) is 2.58. The molecule has 0 N–H and O–H groups in total. The van der Waals surface area contributed by atoms with Crippen molar-refractivity contribution in [1.82, 2.24) is 4.98 Å². The summed E-state index contributed by atoms with van der Waals surface area (Å²) in [5.74, 6) is 1.06. The largest absolute Gasteiger partial charge is 0.342 e. The summed E-state index contributed by atoms with van der Waals surface area (Å²) in [5, 5.41) is 0. The number of rotatable bonds is 0. The highest BCUT2D eigenvalue weighted by Crippen LogP contribution is 2.40. The highest BCUT2D eigenvalue weighted by Gasteiger charge is 2.30. The number of fused-ring (bicyclic) bond motifs is 1. The number of pyridine rings is 1. The molecule has 12 heavy (non-hydrogen) atoms. The van der Waals surface area contributed by atoms with Gasteiger partial charge in [-0.25, -0.2) is 4.98 Å². The molecule has 0 amide bonds. The van der Waals surface area contributed by atoms with E-state index in [1.165, 1.54) is 5.69 Å². The van der Waals surface area contributed by atoms with Gasteiger partial charge < -0.3 is 4.90 Å². The van der Waals surface area contributed by atoms with Gasteiger partial charge in [-0.3, -0.25) is 3.11 Å². The lowest BCUT2D eigenvalue weighted by Gasteiger charge is -2.18. The molecular weight excluding hydrogens is 380 g/mol. The Hall–Kier alpha value is 0.210. The average Bonchev–Trinajstić information content (AvgIpc) is 2.33. The van der Waals surface area contributed by atoms with Gasteiger partial charge in [0, 0.05) is 13.2 Å². The van der Waals surface area contributed by atoms with Gasteiger partial charge in [0.2, 0.25) is 0 Å². The van der Waals surface area contributed by atoms with Crippen LogP contribution in [0.2, 0.25) is 0 Å². The van der Waals surface area contributed by atoms with Crippen LogP contribution in [0.3, 0.4) is 0 Å². The minimum atomic E-state index is 0.369. The molecule has 0 radical (unpaired) electrons. The molecule has 5 heteroatoms. The van der Waals surface area contributed by atoms with Gasteiger partial charge in [0.15, 0.2) is 9.99 Å². The molecule has 0 saturated carbocycles. The van der Waals surface area contributed by atoms with E-state index in [-0.39, 0.29) is 0 Å². The zero-order valence-electron chi connectivity index (χ0n) is 6.41. The van der Waals surface area contributed by atoms with Crippen LogP contribution in [0.4, 0.5) is 11.5 Å².